The predicted molar refractivity (Wildman–Crippen MR) is 72.7 cm³/mol. The molecule has 0 saturated carbocycles. The van der Waals surface area contributed by atoms with Crippen LogP contribution in [0.2, 0.25) is 0 Å². The maximum absolute atomic E-state index is 12.1. The lowest BCUT2D eigenvalue weighted by Crippen LogP contribution is -2.30. The van der Waals surface area contributed by atoms with Gasteiger partial charge in [0.15, 0.2) is 0 Å². The smallest absolute Gasteiger partial charge is 0.390 e. The lowest BCUT2D eigenvalue weighted by atomic mass is 10.1. The molecule has 0 unspecified atom stereocenters. The predicted octanol–water partition coefficient (Wildman–Crippen LogP) is 2.44. The van der Waals surface area contributed by atoms with Crippen LogP contribution in [0.4, 0.5) is 13.2 Å². The molecule has 1 rings (SSSR count). The number of aliphatic hydroxyl groups is 1. The molecule has 1 aromatic carbocycles. The molecule has 6 heteroatoms. The molecule has 0 heterocycles. The molecule has 1 N–H and O–H groups in total. The van der Waals surface area contributed by atoms with E-state index in [4.69, 9.17) is 5.11 Å². The number of halogens is 3. The number of rotatable bonds is 4. The molecule has 21 heavy (non-hydrogen) atoms. The average molecular weight is 299 g/mol. The van der Waals surface area contributed by atoms with E-state index in [0.717, 1.165) is 4.90 Å². The average Bonchev–Trinajstić information content (AvgIpc) is 2.44. The van der Waals surface area contributed by atoms with Crippen molar-refractivity contribution >= 4 is 5.91 Å². The first-order valence-corrected chi connectivity index (χ1v) is 6.35. The number of benzene rings is 1. The van der Waals surface area contributed by atoms with Gasteiger partial charge < -0.3 is 10.0 Å². The van der Waals surface area contributed by atoms with E-state index in [1.165, 1.54) is 19.2 Å². The molecule has 1 amide bonds. The van der Waals surface area contributed by atoms with Crippen LogP contribution in [0.1, 0.15) is 28.8 Å². The van der Waals surface area contributed by atoms with Gasteiger partial charge in [0.2, 0.25) is 0 Å². The minimum atomic E-state index is -4.28. The van der Waals surface area contributed by atoms with E-state index in [1.54, 1.807) is 12.1 Å². The Morgan fingerprint density at radius 2 is 1.90 bits per heavy atom. The van der Waals surface area contributed by atoms with Crippen molar-refractivity contribution in [1.29, 1.82) is 0 Å². The Kier molecular flexibility index (Phi) is 6.25. The van der Waals surface area contributed by atoms with Crippen molar-refractivity contribution in [2.24, 2.45) is 0 Å². The van der Waals surface area contributed by atoms with Crippen molar-refractivity contribution in [3.63, 3.8) is 0 Å². The lowest BCUT2D eigenvalue weighted by Gasteiger charge is -2.18. The van der Waals surface area contributed by atoms with E-state index < -0.39 is 18.5 Å². The second-order valence-corrected chi connectivity index (χ2v) is 4.44. The highest BCUT2D eigenvalue weighted by atomic mass is 19.4. The first kappa shape index (κ1) is 17.1. The van der Waals surface area contributed by atoms with Crippen molar-refractivity contribution in [2.75, 3.05) is 20.2 Å². The molecule has 1 aromatic rings. The Morgan fingerprint density at radius 1 is 1.29 bits per heavy atom. The van der Waals surface area contributed by atoms with Crippen molar-refractivity contribution in [2.45, 2.75) is 19.0 Å². The van der Waals surface area contributed by atoms with Gasteiger partial charge in [-0.25, -0.2) is 0 Å². The zero-order chi connectivity index (χ0) is 15.9. The molecule has 0 aliphatic heterocycles. The molecule has 0 radical (unpaired) electrons. The van der Waals surface area contributed by atoms with E-state index in [2.05, 4.69) is 11.8 Å². The van der Waals surface area contributed by atoms with Gasteiger partial charge in [0.1, 0.15) is 0 Å². The van der Waals surface area contributed by atoms with Crippen LogP contribution < -0.4 is 0 Å². The SMILES string of the molecule is CN(CCC(F)(F)F)C(=O)c1ccc(C#CCCO)cc1. The number of carbonyl (C=O) groups is 1. The second-order valence-electron chi connectivity index (χ2n) is 4.44. The monoisotopic (exact) mass is 299 g/mol. The molecule has 0 aliphatic carbocycles. The number of alkyl halides is 3. The van der Waals surface area contributed by atoms with Crippen LogP contribution in [0.3, 0.4) is 0 Å². The molecule has 0 bridgehead atoms. The second kappa shape index (κ2) is 7.70. The minimum absolute atomic E-state index is 0.0203. The molecule has 0 aliphatic rings. The summed E-state index contributed by atoms with van der Waals surface area (Å²) < 4.78 is 36.3. The summed E-state index contributed by atoms with van der Waals surface area (Å²) in [5, 5.41) is 8.60. The van der Waals surface area contributed by atoms with Crippen LogP contribution in [-0.2, 0) is 0 Å². The standard InChI is InChI=1S/C15H16F3NO2/c1-19(10-9-15(16,17)18)14(21)13-7-5-12(6-8-13)4-2-3-11-20/h5-8,20H,3,9-11H2,1H3. The number of amides is 1. The Bertz CT molecular complexity index is 527. The highest BCUT2D eigenvalue weighted by Crippen LogP contribution is 2.20. The first-order valence-electron chi connectivity index (χ1n) is 6.35. The summed E-state index contributed by atoms with van der Waals surface area (Å²) in [5.41, 5.74) is 0.991. The Labute approximate surface area is 121 Å². The third-order valence-electron chi connectivity index (χ3n) is 2.68. The third kappa shape index (κ3) is 6.32. The van der Waals surface area contributed by atoms with Gasteiger partial charge in [-0.2, -0.15) is 13.2 Å². The highest BCUT2D eigenvalue weighted by molar-refractivity contribution is 5.94. The van der Waals surface area contributed by atoms with Gasteiger partial charge in [0.05, 0.1) is 13.0 Å². The van der Waals surface area contributed by atoms with E-state index in [-0.39, 0.29) is 13.2 Å². The molecule has 0 spiro atoms. The van der Waals surface area contributed by atoms with Gasteiger partial charge in [-0.3, -0.25) is 4.79 Å². The summed E-state index contributed by atoms with van der Waals surface area (Å²) in [7, 11) is 1.34. The van der Waals surface area contributed by atoms with Crippen LogP contribution in [0.15, 0.2) is 24.3 Å². The molecular weight excluding hydrogens is 283 g/mol. The summed E-state index contributed by atoms with van der Waals surface area (Å²) in [6.45, 7) is -0.395. The normalized spacial score (nSPS) is 10.7. The number of hydrogen-bond donors (Lipinski definition) is 1. The summed E-state index contributed by atoms with van der Waals surface area (Å²) >= 11 is 0. The summed E-state index contributed by atoms with van der Waals surface area (Å²) in [5.74, 6) is 5.08. The lowest BCUT2D eigenvalue weighted by molar-refractivity contribution is -0.136. The van der Waals surface area contributed by atoms with Gasteiger partial charge >= 0.3 is 6.18 Å². The summed E-state index contributed by atoms with van der Waals surface area (Å²) in [4.78, 5) is 13.0. The fraction of sp³-hybridized carbons (Fsp3) is 0.400. The maximum Gasteiger partial charge on any atom is 0.390 e. The van der Waals surface area contributed by atoms with Crippen molar-refractivity contribution in [1.82, 2.24) is 4.90 Å². The van der Waals surface area contributed by atoms with Gasteiger partial charge in [-0.1, -0.05) is 11.8 Å². The number of carbonyl (C=O) groups excluding carboxylic acids is 1. The van der Waals surface area contributed by atoms with Gasteiger partial charge in [0.25, 0.3) is 5.91 Å². The summed E-state index contributed by atoms with van der Waals surface area (Å²) in [6, 6.07) is 6.29. The zero-order valence-electron chi connectivity index (χ0n) is 11.6. The van der Waals surface area contributed by atoms with E-state index in [1.807, 2.05) is 0 Å². The first-order chi connectivity index (χ1) is 9.83. The van der Waals surface area contributed by atoms with Gasteiger partial charge in [-0.05, 0) is 24.3 Å². The van der Waals surface area contributed by atoms with Crippen molar-refractivity contribution < 1.29 is 23.1 Å². The van der Waals surface area contributed by atoms with Crippen LogP contribution >= 0.6 is 0 Å². The summed E-state index contributed by atoms with van der Waals surface area (Å²) in [6.07, 6.45) is -4.94. The minimum Gasteiger partial charge on any atom is -0.395 e. The molecule has 0 fully saturated rings. The van der Waals surface area contributed by atoms with Crippen LogP contribution in [0.5, 0.6) is 0 Å². The zero-order valence-corrected chi connectivity index (χ0v) is 11.6. The van der Waals surface area contributed by atoms with E-state index in [0.29, 0.717) is 17.5 Å². The Morgan fingerprint density at radius 3 is 2.43 bits per heavy atom. The van der Waals surface area contributed by atoms with Crippen LogP contribution in [0.25, 0.3) is 0 Å². The molecule has 3 nitrogen and oxygen atoms in total. The van der Waals surface area contributed by atoms with Crippen LogP contribution in [0, 0.1) is 11.8 Å². The third-order valence-corrected chi connectivity index (χ3v) is 2.68. The highest BCUT2D eigenvalue weighted by Gasteiger charge is 2.28. The quantitative estimate of drug-likeness (QED) is 0.868. The molecule has 0 atom stereocenters. The van der Waals surface area contributed by atoms with Gasteiger partial charge in [0, 0.05) is 31.1 Å². The topological polar surface area (TPSA) is 40.5 Å². The van der Waals surface area contributed by atoms with Crippen LogP contribution in [-0.4, -0.2) is 42.3 Å². The maximum atomic E-state index is 12.1. The van der Waals surface area contributed by atoms with E-state index in [9.17, 15) is 18.0 Å². The molecule has 114 valence electrons. The molecule has 0 saturated heterocycles. The van der Waals surface area contributed by atoms with Gasteiger partial charge in [-0.15, -0.1) is 0 Å². The van der Waals surface area contributed by atoms with E-state index >= 15 is 0 Å². The number of hydrogen-bond acceptors (Lipinski definition) is 2. The number of nitrogens with zero attached hydrogens (tertiary/aromatic N) is 1. The molecular formula is C15H16F3NO2. The molecule has 0 aromatic heterocycles. The largest absolute Gasteiger partial charge is 0.395 e. The Balaban J connectivity index is 2.65. The number of aliphatic hydroxyl groups excluding tert-OH is 1. The van der Waals surface area contributed by atoms with Crippen molar-refractivity contribution in [3.8, 4) is 11.8 Å². The van der Waals surface area contributed by atoms with Crippen molar-refractivity contribution in [3.05, 3.63) is 35.4 Å². The fourth-order valence-electron chi connectivity index (χ4n) is 1.53. The Hall–Kier alpha value is -2.00. The fourth-order valence-corrected chi connectivity index (χ4v) is 1.53.